The van der Waals surface area contributed by atoms with Crippen molar-refractivity contribution in [2.24, 2.45) is 0 Å². The van der Waals surface area contributed by atoms with E-state index in [0.29, 0.717) is 88.9 Å². The average molecular weight is 910 g/mol. The van der Waals surface area contributed by atoms with Crippen LogP contribution in [0, 0.1) is 0 Å². The maximum absolute atomic E-state index is 14.0. The molecule has 9 rings (SSSR count). The first kappa shape index (κ1) is 43.0. The summed E-state index contributed by atoms with van der Waals surface area (Å²) in [5.74, 6) is -0.278. The molecule has 0 bridgehead atoms. The van der Waals surface area contributed by atoms with Crippen LogP contribution in [0.4, 0.5) is 11.4 Å². The number of ether oxygens (including phenoxy) is 2. The van der Waals surface area contributed by atoms with E-state index in [2.05, 4.69) is 37.1 Å². The molecule has 2 fully saturated rings. The number of rotatable bonds is 11. The summed E-state index contributed by atoms with van der Waals surface area (Å²) in [7, 11) is 3.10. The molecule has 16 heteroatoms. The molecule has 3 N–H and O–H groups in total. The molecule has 0 aliphatic carbocycles. The summed E-state index contributed by atoms with van der Waals surface area (Å²) >= 11 is 12.7. The van der Waals surface area contributed by atoms with E-state index in [1.165, 1.54) is 0 Å². The van der Waals surface area contributed by atoms with Crippen LogP contribution in [0.3, 0.4) is 0 Å². The highest BCUT2D eigenvalue weighted by molar-refractivity contribution is 6.31. The van der Waals surface area contributed by atoms with Crippen molar-refractivity contribution in [1.82, 2.24) is 29.7 Å². The molecule has 2 aliphatic rings. The normalized spacial score (nSPS) is 15.9. The van der Waals surface area contributed by atoms with Crippen LogP contribution in [0.25, 0.3) is 44.1 Å². The van der Waals surface area contributed by atoms with Gasteiger partial charge in [0.2, 0.25) is 5.91 Å². The minimum absolute atomic E-state index is 0.155. The Kier molecular flexibility index (Phi) is 11.9. The van der Waals surface area contributed by atoms with E-state index in [0.717, 1.165) is 16.8 Å². The molecule has 65 heavy (non-hydrogen) atoms. The fourth-order valence-electron chi connectivity index (χ4n) is 8.80. The molecule has 2 unspecified atom stereocenters. The number of likely N-dealkylation sites (tertiary alicyclic amines) is 2. The van der Waals surface area contributed by atoms with Crippen LogP contribution >= 0.6 is 23.2 Å². The summed E-state index contributed by atoms with van der Waals surface area (Å²) in [4.78, 5) is 74.9. The first-order chi connectivity index (χ1) is 31.5. The Hall–Kier alpha value is -7.29. The van der Waals surface area contributed by atoms with Crippen LogP contribution in [0.1, 0.15) is 46.7 Å². The largest absolute Gasteiger partial charge is 0.496 e. The zero-order chi connectivity index (χ0) is 45.4. The lowest BCUT2D eigenvalue weighted by molar-refractivity contribution is -0.119. The molecule has 3 aromatic heterocycles. The highest BCUT2D eigenvalue weighted by atomic mass is 35.5. The fraction of sp³-hybridized carbons (Fsp3) is 0.204. The summed E-state index contributed by atoms with van der Waals surface area (Å²) in [6.45, 7) is 4.96. The molecule has 14 nitrogen and oxygen atoms in total. The minimum Gasteiger partial charge on any atom is -0.496 e. The summed E-state index contributed by atoms with van der Waals surface area (Å²) < 4.78 is 11.0. The van der Waals surface area contributed by atoms with Gasteiger partial charge in [0.1, 0.15) is 39.2 Å². The minimum atomic E-state index is -0.695. The van der Waals surface area contributed by atoms with Crippen molar-refractivity contribution in [1.29, 1.82) is 0 Å². The number of aromatic amines is 1. The molecule has 2 atom stereocenters. The highest BCUT2D eigenvalue weighted by Gasteiger charge is 2.37. The lowest BCUT2D eigenvalue weighted by Crippen LogP contribution is -2.43. The molecule has 4 aromatic carbocycles. The smallest absolute Gasteiger partial charge is 0.273 e. The number of benzene rings is 4. The zero-order valence-corrected chi connectivity index (χ0v) is 36.9. The van der Waals surface area contributed by atoms with Gasteiger partial charge in [-0.05, 0) is 74.2 Å². The van der Waals surface area contributed by atoms with Gasteiger partial charge in [-0.3, -0.25) is 19.2 Å². The predicted octanol–water partition coefficient (Wildman–Crippen LogP) is 9.21. The number of methoxy groups -OCH3 is 2. The maximum atomic E-state index is 14.0. The number of imidazole rings is 1. The van der Waals surface area contributed by atoms with Gasteiger partial charge in [0.15, 0.2) is 0 Å². The Bertz CT molecular complexity index is 3030. The lowest BCUT2D eigenvalue weighted by atomic mass is 10.0. The van der Waals surface area contributed by atoms with E-state index in [9.17, 15) is 19.2 Å². The Morgan fingerprint density at radius 2 is 1.18 bits per heavy atom. The molecule has 0 saturated carbocycles. The molecule has 4 amide bonds. The molecular formula is C49H42Cl2N8O6. The molecule has 7 aromatic rings. The zero-order valence-electron chi connectivity index (χ0n) is 35.4. The van der Waals surface area contributed by atoms with Gasteiger partial charge in [0.25, 0.3) is 17.7 Å². The number of pyridine rings is 2. The van der Waals surface area contributed by atoms with Crippen LogP contribution in [0.2, 0.25) is 10.3 Å². The Labute approximate surface area is 383 Å². The summed E-state index contributed by atoms with van der Waals surface area (Å²) in [6, 6.07) is 27.5. The molecule has 328 valence electrons. The third kappa shape index (κ3) is 8.33. The molecule has 0 radical (unpaired) electrons. The monoisotopic (exact) mass is 908 g/mol. The number of fused-ring (bicyclic) bond motifs is 2. The third-order valence-electron chi connectivity index (χ3n) is 12.0. The van der Waals surface area contributed by atoms with E-state index in [1.54, 1.807) is 103 Å². The molecule has 0 spiro atoms. The first-order valence-electron chi connectivity index (χ1n) is 21.0. The van der Waals surface area contributed by atoms with Crippen molar-refractivity contribution >= 4 is 79.8 Å². The molecule has 5 heterocycles. The number of H-pyrrole nitrogens is 1. The van der Waals surface area contributed by atoms with Crippen molar-refractivity contribution in [3.05, 3.63) is 137 Å². The van der Waals surface area contributed by atoms with E-state index in [4.69, 9.17) is 32.7 Å². The van der Waals surface area contributed by atoms with Crippen molar-refractivity contribution in [3.8, 4) is 34.0 Å². The van der Waals surface area contributed by atoms with E-state index in [-0.39, 0.29) is 45.0 Å². The second-order valence-corrected chi connectivity index (χ2v) is 16.5. The van der Waals surface area contributed by atoms with Crippen molar-refractivity contribution in [2.45, 2.75) is 37.8 Å². The van der Waals surface area contributed by atoms with Crippen molar-refractivity contribution < 1.29 is 28.7 Å². The Morgan fingerprint density at radius 1 is 0.677 bits per heavy atom. The van der Waals surface area contributed by atoms with Gasteiger partial charge in [0, 0.05) is 62.7 Å². The number of carbonyl (C=O) groups is 4. The van der Waals surface area contributed by atoms with Gasteiger partial charge in [-0.25, -0.2) is 15.0 Å². The number of nitrogens with one attached hydrogen (secondary N) is 3. The second kappa shape index (κ2) is 18.1. The summed E-state index contributed by atoms with van der Waals surface area (Å²) in [5.41, 5.74) is 4.79. The van der Waals surface area contributed by atoms with Gasteiger partial charge in [-0.2, -0.15) is 0 Å². The number of aromatic nitrogens is 4. The Morgan fingerprint density at radius 3 is 1.74 bits per heavy atom. The fourth-order valence-corrected chi connectivity index (χ4v) is 9.18. The number of halogens is 2. The lowest BCUT2D eigenvalue weighted by Gasteiger charge is -2.26. The third-order valence-corrected chi connectivity index (χ3v) is 12.4. The van der Waals surface area contributed by atoms with E-state index in [1.807, 2.05) is 24.3 Å². The summed E-state index contributed by atoms with van der Waals surface area (Å²) in [6.07, 6.45) is 4.04. The average Bonchev–Trinajstić information content (AvgIpc) is 4.13. The number of hydrogen-bond donors (Lipinski definition) is 3. The first-order valence-corrected chi connectivity index (χ1v) is 21.7. The molecular weight excluding hydrogens is 867 g/mol. The van der Waals surface area contributed by atoms with Gasteiger partial charge in [-0.15, -0.1) is 0 Å². The van der Waals surface area contributed by atoms with Crippen LogP contribution in [0.15, 0.2) is 116 Å². The van der Waals surface area contributed by atoms with Crippen molar-refractivity contribution in [2.75, 3.05) is 37.9 Å². The number of anilines is 2. The second-order valence-electron chi connectivity index (χ2n) is 15.8. The van der Waals surface area contributed by atoms with Gasteiger partial charge < -0.3 is 34.9 Å². The van der Waals surface area contributed by atoms with Crippen LogP contribution < -0.4 is 20.1 Å². The quantitative estimate of drug-likeness (QED) is 0.0846. The van der Waals surface area contributed by atoms with Gasteiger partial charge in [-0.1, -0.05) is 78.3 Å². The number of nitrogens with zero attached hydrogens (tertiary/aromatic N) is 5. The topological polar surface area (TPSA) is 172 Å². The standard InChI is InChI=1S/C49H42Cl2N8O6/c1-27(36-10-6-22-58(36)48(62)44-32-8-4-12-38(64-2)34(32)24-40(50)56-44)46(60)54-30-18-14-28(15-19-30)42-43(53-26-52-42)29-16-20-31(21-17-29)55-47(61)37-11-7-23-59(37)49(63)45-33-9-5-13-39(65-3)35(33)25-41(51)57-45/h4-5,8-9,12-21,24-26,36-37H,1,6-7,10-11,22-23H2,2-3H3,(H,52,53)(H,54,60)(H,55,61). The predicted molar refractivity (Wildman–Crippen MR) is 251 cm³/mol. The van der Waals surface area contributed by atoms with Crippen LogP contribution in [-0.4, -0.2) is 92.8 Å². The number of amides is 4. The summed E-state index contributed by atoms with van der Waals surface area (Å²) in [5, 5.41) is 8.77. The Balaban J connectivity index is 0.841. The SMILES string of the molecule is C=C(C(=O)Nc1ccc(-c2nc[nH]c2-c2ccc(NC(=O)C3CCCN3C(=O)c3nc(Cl)cc4c(OC)cccc34)cc2)cc1)C1CCCN1C(=O)c1nc(Cl)cc2c(OC)cccc12. The maximum Gasteiger partial charge on any atom is 0.273 e. The van der Waals surface area contributed by atoms with Gasteiger partial charge in [0.05, 0.1) is 38.0 Å². The number of carbonyl (C=O) groups excluding carboxylic acids is 4. The number of hydrogen-bond acceptors (Lipinski definition) is 9. The van der Waals surface area contributed by atoms with Crippen LogP contribution in [-0.2, 0) is 9.59 Å². The molecule has 2 aliphatic heterocycles. The van der Waals surface area contributed by atoms with E-state index < -0.39 is 18.0 Å². The van der Waals surface area contributed by atoms with E-state index >= 15 is 0 Å². The molecule has 2 saturated heterocycles. The van der Waals surface area contributed by atoms with Gasteiger partial charge >= 0.3 is 0 Å². The van der Waals surface area contributed by atoms with Crippen molar-refractivity contribution in [3.63, 3.8) is 0 Å². The highest BCUT2D eigenvalue weighted by Crippen LogP contribution is 2.35. The van der Waals surface area contributed by atoms with Crippen LogP contribution in [0.5, 0.6) is 11.5 Å².